The highest BCUT2D eigenvalue weighted by Gasteiger charge is 2.10. The summed E-state index contributed by atoms with van der Waals surface area (Å²) < 4.78 is 4.67. The Balaban J connectivity index is 2.93. The quantitative estimate of drug-likeness (QED) is 0.412. The Labute approximate surface area is 74.6 Å². The summed E-state index contributed by atoms with van der Waals surface area (Å²) in [5, 5.41) is 15.8. The van der Waals surface area contributed by atoms with E-state index in [1.54, 1.807) is 0 Å². The average molecular weight is 181 g/mol. The molecule has 0 spiro atoms. The van der Waals surface area contributed by atoms with Crippen molar-refractivity contribution in [3.05, 3.63) is 34.7 Å². The molecule has 5 nitrogen and oxygen atoms in total. The molecule has 0 saturated heterocycles. The average Bonchev–Trinajstić information content (AvgIpc) is 2.17. The van der Waals surface area contributed by atoms with Gasteiger partial charge in [0, 0.05) is 17.7 Å². The Morgan fingerprint density at radius 3 is 2.38 bits per heavy atom. The van der Waals surface area contributed by atoms with Crippen LogP contribution in [-0.2, 0) is 4.74 Å². The van der Waals surface area contributed by atoms with E-state index in [-0.39, 0.29) is 16.5 Å². The van der Waals surface area contributed by atoms with Gasteiger partial charge in [-0.15, -0.1) is 0 Å². The van der Waals surface area contributed by atoms with Gasteiger partial charge >= 0.3 is 5.69 Å². The van der Waals surface area contributed by atoms with Crippen LogP contribution < -0.4 is 0 Å². The molecule has 0 fully saturated rings. The summed E-state index contributed by atoms with van der Waals surface area (Å²) in [7, 11) is 1.39. The number of hydrogen-bond acceptors (Lipinski definition) is 3. The van der Waals surface area contributed by atoms with E-state index in [2.05, 4.69) is 4.74 Å². The van der Waals surface area contributed by atoms with Crippen LogP contribution in [-0.4, -0.2) is 23.1 Å². The summed E-state index contributed by atoms with van der Waals surface area (Å²) in [5.74, 6) is 0.0157. The lowest BCUT2D eigenvalue weighted by atomic mass is 10.2. The molecule has 0 aliphatic heterocycles. The van der Waals surface area contributed by atoms with Crippen LogP contribution in [0.25, 0.3) is 0 Å². The van der Waals surface area contributed by atoms with Gasteiger partial charge in [-0.1, -0.05) is 0 Å². The van der Waals surface area contributed by atoms with Gasteiger partial charge in [-0.3, -0.25) is 5.41 Å². The third-order valence-electron chi connectivity index (χ3n) is 1.55. The summed E-state index contributed by atoms with van der Waals surface area (Å²) in [6.45, 7) is 0. The number of nitrogens with one attached hydrogen (secondary N) is 1. The zero-order valence-corrected chi connectivity index (χ0v) is 7.02. The molecule has 0 atom stereocenters. The first-order chi connectivity index (χ1) is 6.15. The normalized spacial score (nSPS) is 9.31. The van der Waals surface area contributed by atoms with Gasteiger partial charge in [0.2, 0.25) is 5.90 Å². The van der Waals surface area contributed by atoms with Crippen molar-refractivity contribution in [1.29, 1.82) is 5.41 Å². The molecule has 0 aromatic heterocycles. The SMILES string of the molecule is COC(=N)c1ccc([N+](=O)O)cc1. The third-order valence-corrected chi connectivity index (χ3v) is 1.55. The summed E-state index contributed by atoms with van der Waals surface area (Å²) in [5.41, 5.74) is 0.667. The van der Waals surface area contributed by atoms with Crippen LogP contribution >= 0.6 is 0 Å². The molecule has 0 radical (unpaired) electrons. The first-order valence-corrected chi connectivity index (χ1v) is 3.54. The maximum atomic E-state index is 10.4. The molecule has 1 aromatic rings. The monoisotopic (exact) mass is 181 g/mol. The Kier molecular flexibility index (Phi) is 2.59. The zero-order valence-electron chi connectivity index (χ0n) is 7.02. The maximum Gasteiger partial charge on any atom is 0.316 e. The molecule has 0 bridgehead atoms. The second kappa shape index (κ2) is 3.66. The Morgan fingerprint density at radius 2 is 2.00 bits per heavy atom. The minimum Gasteiger partial charge on any atom is -0.481 e. The van der Waals surface area contributed by atoms with E-state index in [4.69, 9.17) is 10.6 Å². The molecule has 0 saturated carbocycles. The van der Waals surface area contributed by atoms with Crippen molar-refractivity contribution in [2.45, 2.75) is 0 Å². The van der Waals surface area contributed by atoms with Gasteiger partial charge in [-0.2, -0.15) is 0 Å². The number of hydrogen-bond donors (Lipinski definition) is 2. The topological polar surface area (TPSA) is 73.4 Å². The second-order valence-electron chi connectivity index (χ2n) is 2.35. The highest BCUT2D eigenvalue weighted by atomic mass is 16.6. The molecule has 0 aliphatic carbocycles. The summed E-state index contributed by atoms with van der Waals surface area (Å²) in [6.07, 6.45) is 0. The number of nitrogens with zero attached hydrogens (tertiary/aromatic N) is 1. The van der Waals surface area contributed by atoms with Crippen LogP contribution in [0.2, 0.25) is 0 Å². The predicted octanol–water partition coefficient (Wildman–Crippen LogP) is 1.46. The van der Waals surface area contributed by atoms with Crippen molar-refractivity contribution in [2.24, 2.45) is 0 Å². The van der Waals surface area contributed by atoms with Crippen molar-refractivity contribution >= 4 is 11.6 Å². The Hall–Kier alpha value is -1.91. The maximum absolute atomic E-state index is 10.4. The molecule has 1 rings (SSSR count). The third kappa shape index (κ3) is 2.02. The molecule has 5 heteroatoms. The van der Waals surface area contributed by atoms with Crippen molar-refractivity contribution in [2.75, 3.05) is 7.11 Å². The van der Waals surface area contributed by atoms with E-state index in [1.807, 2.05) is 0 Å². The molecule has 0 unspecified atom stereocenters. The fraction of sp³-hybridized carbons (Fsp3) is 0.125. The first-order valence-electron chi connectivity index (χ1n) is 3.54. The summed E-state index contributed by atoms with van der Waals surface area (Å²) in [6, 6.07) is 5.83. The van der Waals surface area contributed by atoms with Crippen LogP contribution in [0, 0.1) is 10.3 Å². The predicted molar refractivity (Wildman–Crippen MR) is 45.4 cm³/mol. The second-order valence-corrected chi connectivity index (χ2v) is 2.35. The Bertz CT molecular complexity index is 332. The molecule has 0 aliphatic rings. The highest BCUT2D eigenvalue weighted by Crippen LogP contribution is 2.11. The lowest BCUT2D eigenvalue weighted by molar-refractivity contribution is -0.729. The first kappa shape index (κ1) is 9.18. The van der Waals surface area contributed by atoms with E-state index < -0.39 is 0 Å². The van der Waals surface area contributed by atoms with Crippen molar-refractivity contribution < 1.29 is 14.9 Å². The lowest BCUT2D eigenvalue weighted by Crippen LogP contribution is -2.01. The molecular weight excluding hydrogens is 172 g/mol. The van der Waals surface area contributed by atoms with Gasteiger partial charge < -0.3 is 4.74 Å². The molecule has 2 N–H and O–H groups in total. The van der Waals surface area contributed by atoms with Crippen LogP contribution in [0.3, 0.4) is 0 Å². The fourth-order valence-corrected chi connectivity index (χ4v) is 0.858. The van der Waals surface area contributed by atoms with Crippen LogP contribution in [0.5, 0.6) is 0 Å². The lowest BCUT2D eigenvalue weighted by Gasteiger charge is -1.99. The number of rotatable bonds is 2. The van der Waals surface area contributed by atoms with E-state index in [0.29, 0.717) is 5.56 Å². The standard InChI is InChI=1S/C8H9N2O3/c1-13-8(9)6-2-4-7(5-3-6)10(11)12/h2-5,9H,1H3,(H,11,12)/q+1. The molecular formula is C8H9N2O3+. The van der Waals surface area contributed by atoms with Gasteiger partial charge in [0.25, 0.3) is 4.92 Å². The number of ether oxygens (including phenoxy) is 1. The van der Waals surface area contributed by atoms with E-state index in [0.717, 1.165) is 0 Å². The minimum atomic E-state index is -0.236. The van der Waals surface area contributed by atoms with Gasteiger partial charge in [0.15, 0.2) is 0 Å². The van der Waals surface area contributed by atoms with Crippen molar-refractivity contribution in [3.8, 4) is 0 Å². The summed E-state index contributed by atoms with van der Waals surface area (Å²) in [4.78, 5) is 10.1. The minimum absolute atomic E-state index is 0.0157. The van der Waals surface area contributed by atoms with Gasteiger partial charge in [-0.05, 0) is 12.1 Å². The van der Waals surface area contributed by atoms with Gasteiger partial charge in [-0.25, -0.2) is 5.21 Å². The van der Waals surface area contributed by atoms with Gasteiger partial charge in [0.05, 0.1) is 12.0 Å². The largest absolute Gasteiger partial charge is 0.481 e. The summed E-state index contributed by atoms with van der Waals surface area (Å²) >= 11 is 0. The fourth-order valence-electron chi connectivity index (χ4n) is 0.858. The van der Waals surface area contributed by atoms with Crippen LogP contribution in [0.15, 0.2) is 24.3 Å². The number of benzene rings is 1. The molecule has 68 valence electrons. The van der Waals surface area contributed by atoms with E-state index in [9.17, 15) is 4.91 Å². The molecule has 0 heterocycles. The number of methoxy groups -OCH3 is 1. The van der Waals surface area contributed by atoms with E-state index >= 15 is 0 Å². The van der Waals surface area contributed by atoms with Crippen molar-refractivity contribution in [3.63, 3.8) is 0 Å². The van der Waals surface area contributed by atoms with Crippen molar-refractivity contribution in [1.82, 2.24) is 0 Å². The highest BCUT2D eigenvalue weighted by molar-refractivity contribution is 5.91. The van der Waals surface area contributed by atoms with Crippen LogP contribution in [0.4, 0.5) is 5.69 Å². The van der Waals surface area contributed by atoms with Crippen LogP contribution in [0.1, 0.15) is 5.56 Å². The zero-order chi connectivity index (χ0) is 9.84. The molecule has 13 heavy (non-hydrogen) atoms. The smallest absolute Gasteiger partial charge is 0.316 e. The molecule has 0 amide bonds. The van der Waals surface area contributed by atoms with E-state index in [1.165, 1.54) is 31.4 Å². The molecule has 1 aromatic carbocycles. The Morgan fingerprint density at radius 1 is 1.46 bits per heavy atom. The van der Waals surface area contributed by atoms with Gasteiger partial charge in [0.1, 0.15) is 0 Å².